The van der Waals surface area contributed by atoms with Crippen LogP contribution in [0.1, 0.15) is 25.0 Å². The molecule has 0 aliphatic carbocycles. The molecule has 0 spiro atoms. The maximum atomic E-state index is 8.80. The third-order valence-electron chi connectivity index (χ3n) is 2.49. The molecular formula is C16H19N3O. The molecule has 0 N–H and O–H groups in total. The molecule has 4 heteroatoms. The summed E-state index contributed by atoms with van der Waals surface area (Å²) >= 11 is 0. The first-order valence-electron chi connectivity index (χ1n) is 6.42. The van der Waals surface area contributed by atoms with Crippen LogP contribution in [0.25, 0.3) is 6.08 Å². The molecule has 0 heterocycles. The maximum Gasteiger partial charge on any atom is 0.130 e. The Kier molecular flexibility index (Phi) is 5.77. The SMILES string of the molecule is CC(C)Oc1ccc(C=C(C#N)C#N)cc1CN(C)C. The lowest BCUT2D eigenvalue weighted by atomic mass is 10.1. The Labute approximate surface area is 120 Å². The van der Waals surface area contributed by atoms with Crippen LogP contribution in [0.5, 0.6) is 5.75 Å². The summed E-state index contributed by atoms with van der Waals surface area (Å²) in [5.74, 6) is 0.835. The van der Waals surface area contributed by atoms with Crippen LogP contribution in [0.4, 0.5) is 0 Å². The second-order valence-electron chi connectivity index (χ2n) is 5.05. The van der Waals surface area contributed by atoms with Crippen molar-refractivity contribution in [1.29, 1.82) is 10.5 Å². The summed E-state index contributed by atoms with van der Waals surface area (Å²) in [6, 6.07) is 9.42. The minimum atomic E-state index is 0.0957. The van der Waals surface area contributed by atoms with E-state index in [4.69, 9.17) is 15.3 Å². The van der Waals surface area contributed by atoms with Gasteiger partial charge in [0.1, 0.15) is 23.5 Å². The van der Waals surface area contributed by atoms with Gasteiger partial charge in [0.15, 0.2) is 0 Å². The zero-order valence-electron chi connectivity index (χ0n) is 12.3. The highest BCUT2D eigenvalue weighted by Gasteiger charge is 2.08. The summed E-state index contributed by atoms with van der Waals surface area (Å²) in [6.45, 7) is 4.70. The quantitative estimate of drug-likeness (QED) is 0.771. The zero-order chi connectivity index (χ0) is 15.1. The smallest absolute Gasteiger partial charge is 0.130 e. The van der Waals surface area contributed by atoms with E-state index in [0.29, 0.717) is 0 Å². The molecule has 0 bridgehead atoms. The van der Waals surface area contributed by atoms with E-state index in [1.165, 1.54) is 0 Å². The average molecular weight is 269 g/mol. The molecule has 0 aliphatic heterocycles. The number of nitriles is 2. The van der Waals surface area contributed by atoms with Gasteiger partial charge in [0.25, 0.3) is 0 Å². The van der Waals surface area contributed by atoms with Crippen LogP contribution in [-0.4, -0.2) is 25.1 Å². The lowest BCUT2D eigenvalue weighted by Gasteiger charge is -2.17. The van der Waals surface area contributed by atoms with E-state index in [2.05, 4.69) is 0 Å². The number of benzene rings is 1. The van der Waals surface area contributed by atoms with Gasteiger partial charge in [-0.3, -0.25) is 0 Å². The summed E-state index contributed by atoms with van der Waals surface area (Å²) in [5, 5.41) is 17.6. The molecule has 0 amide bonds. The van der Waals surface area contributed by atoms with E-state index in [9.17, 15) is 0 Å². The number of ether oxygens (including phenoxy) is 1. The Bertz CT molecular complexity index is 558. The fourth-order valence-electron chi connectivity index (χ4n) is 1.78. The van der Waals surface area contributed by atoms with Crippen molar-refractivity contribution in [1.82, 2.24) is 4.90 Å². The van der Waals surface area contributed by atoms with Crippen LogP contribution >= 0.6 is 0 Å². The van der Waals surface area contributed by atoms with Crippen molar-refractivity contribution in [2.45, 2.75) is 26.5 Å². The van der Waals surface area contributed by atoms with Crippen molar-refractivity contribution in [3.63, 3.8) is 0 Å². The molecule has 0 aromatic heterocycles. The average Bonchev–Trinajstić information content (AvgIpc) is 2.37. The largest absolute Gasteiger partial charge is 0.491 e. The highest BCUT2D eigenvalue weighted by atomic mass is 16.5. The van der Waals surface area contributed by atoms with Gasteiger partial charge in [0, 0.05) is 12.1 Å². The monoisotopic (exact) mass is 269 g/mol. The van der Waals surface area contributed by atoms with Crippen LogP contribution in [-0.2, 0) is 6.54 Å². The molecule has 0 saturated heterocycles. The topological polar surface area (TPSA) is 60.0 Å². The summed E-state index contributed by atoms with van der Waals surface area (Å²) < 4.78 is 5.78. The molecule has 0 atom stereocenters. The van der Waals surface area contributed by atoms with E-state index in [-0.39, 0.29) is 11.7 Å². The van der Waals surface area contributed by atoms with Crippen molar-refractivity contribution in [3.05, 3.63) is 34.9 Å². The molecule has 4 nitrogen and oxygen atoms in total. The molecule has 0 saturated carbocycles. The number of nitrogens with zero attached hydrogens (tertiary/aromatic N) is 3. The van der Waals surface area contributed by atoms with Gasteiger partial charge in [-0.2, -0.15) is 10.5 Å². The molecule has 0 aliphatic rings. The van der Waals surface area contributed by atoms with Crippen LogP contribution in [0.3, 0.4) is 0 Å². The van der Waals surface area contributed by atoms with Crippen molar-refractivity contribution < 1.29 is 4.74 Å². The van der Waals surface area contributed by atoms with Gasteiger partial charge in [-0.05, 0) is 51.7 Å². The molecular weight excluding hydrogens is 250 g/mol. The van der Waals surface area contributed by atoms with Crippen LogP contribution in [0, 0.1) is 22.7 Å². The Hall–Kier alpha value is -2.30. The van der Waals surface area contributed by atoms with Gasteiger partial charge in [-0.15, -0.1) is 0 Å². The summed E-state index contributed by atoms with van der Waals surface area (Å²) in [4.78, 5) is 2.05. The predicted octanol–water partition coefficient (Wildman–Crippen LogP) is 2.97. The lowest BCUT2D eigenvalue weighted by Crippen LogP contribution is -2.14. The molecule has 104 valence electrons. The van der Waals surface area contributed by atoms with Gasteiger partial charge in [-0.1, -0.05) is 6.07 Å². The lowest BCUT2D eigenvalue weighted by molar-refractivity contribution is 0.236. The van der Waals surface area contributed by atoms with Crippen LogP contribution in [0.2, 0.25) is 0 Å². The van der Waals surface area contributed by atoms with Crippen LogP contribution < -0.4 is 4.74 Å². The first-order valence-corrected chi connectivity index (χ1v) is 6.42. The molecule has 1 aromatic rings. The fourth-order valence-corrected chi connectivity index (χ4v) is 1.78. The van der Waals surface area contributed by atoms with Crippen molar-refractivity contribution >= 4 is 6.08 Å². The Balaban J connectivity index is 3.17. The van der Waals surface area contributed by atoms with Crippen molar-refractivity contribution in [3.8, 4) is 17.9 Å². The molecule has 1 aromatic carbocycles. The number of allylic oxidation sites excluding steroid dienone is 1. The summed E-state index contributed by atoms with van der Waals surface area (Å²) in [6.07, 6.45) is 1.68. The highest BCUT2D eigenvalue weighted by molar-refractivity contribution is 5.63. The van der Waals surface area contributed by atoms with Gasteiger partial charge < -0.3 is 9.64 Å². The number of hydrogen-bond donors (Lipinski definition) is 0. The first kappa shape index (κ1) is 15.8. The second-order valence-corrected chi connectivity index (χ2v) is 5.05. The Morgan fingerprint density at radius 1 is 1.30 bits per heavy atom. The van der Waals surface area contributed by atoms with E-state index in [1.54, 1.807) is 6.08 Å². The first-order chi connectivity index (χ1) is 9.46. The number of hydrogen-bond acceptors (Lipinski definition) is 4. The molecule has 20 heavy (non-hydrogen) atoms. The van der Waals surface area contributed by atoms with Crippen molar-refractivity contribution in [2.75, 3.05) is 14.1 Å². The maximum absolute atomic E-state index is 8.80. The van der Waals surface area contributed by atoms with E-state index in [0.717, 1.165) is 23.4 Å². The van der Waals surface area contributed by atoms with Crippen molar-refractivity contribution in [2.24, 2.45) is 0 Å². The third kappa shape index (κ3) is 4.76. The highest BCUT2D eigenvalue weighted by Crippen LogP contribution is 2.23. The van der Waals surface area contributed by atoms with Gasteiger partial charge in [0.2, 0.25) is 0 Å². The van der Waals surface area contributed by atoms with Gasteiger partial charge in [0.05, 0.1) is 6.10 Å². The zero-order valence-corrected chi connectivity index (χ0v) is 12.3. The van der Waals surface area contributed by atoms with Gasteiger partial charge in [-0.25, -0.2) is 0 Å². The van der Waals surface area contributed by atoms with Gasteiger partial charge >= 0.3 is 0 Å². The van der Waals surface area contributed by atoms with E-state index >= 15 is 0 Å². The minimum absolute atomic E-state index is 0.0957. The normalized spacial score (nSPS) is 10.0. The Morgan fingerprint density at radius 2 is 1.95 bits per heavy atom. The Morgan fingerprint density at radius 3 is 2.45 bits per heavy atom. The fraction of sp³-hybridized carbons (Fsp3) is 0.375. The van der Waals surface area contributed by atoms with Crippen LogP contribution in [0.15, 0.2) is 23.8 Å². The second kappa shape index (κ2) is 7.33. The molecule has 0 unspecified atom stereocenters. The molecule has 1 rings (SSSR count). The number of rotatable bonds is 5. The molecule has 0 radical (unpaired) electrons. The van der Waals surface area contributed by atoms with E-state index < -0.39 is 0 Å². The predicted molar refractivity (Wildman–Crippen MR) is 78.8 cm³/mol. The summed E-state index contributed by atoms with van der Waals surface area (Å²) in [5.41, 5.74) is 1.96. The summed E-state index contributed by atoms with van der Waals surface area (Å²) in [7, 11) is 3.97. The minimum Gasteiger partial charge on any atom is -0.491 e. The third-order valence-corrected chi connectivity index (χ3v) is 2.49. The molecule has 0 fully saturated rings. The van der Waals surface area contributed by atoms with E-state index in [1.807, 2.05) is 63.2 Å². The standard InChI is InChI=1S/C16H19N3O/c1-12(2)20-16-6-5-13(7-14(9-17)10-18)8-15(16)11-19(3)4/h5-8,12H,11H2,1-4H3.